The highest BCUT2D eigenvalue weighted by atomic mass is 16.5. The number of ether oxygens (including phenoxy) is 1. The second kappa shape index (κ2) is 3.85. The summed E-state index contributed by atoms with van der Waals surface area (Å²) in [5, 5.41) is 0. The van der Waals surface area contributed by atoms with Crippen LogP contribution < -0.4 is 0 Å². The van der Waals surface area contributed by atoms with E-state index in [1.165, 1.54) is 17.6 Å². The fourth-order valence-corrected chi connectivity index (χ4v) is 3.12. The molecular weight excluding hydrogens is 208 g/mol. The van der Waals surface area contributed by atoms with Crippen LogP contribution in [-0.4, -0.2) is 6.10 Å². The molecule has 0 radical (unpaired) electrons. The van der Waals surface area contributed by atoms with Gasteiger partial charge in [-0.3, -0.25) is 0 Å². The van der Waals surface area contributed by atoms with Crippen LogP contribution in [0.3, 0.4) is 0 Å². The van der Waals surface area contributed by atoms with E-state index in [1.54, 1.807) is 0 Å². The van der Waals surface area contributed by atoms with Gasteiger partial charge in [0, 0.05) is 0 Å². The minimum Gasteiger partial charge on any atom is -0.362 e. The van der Waals surface area contributed by atoms with Gasteiger partial charge in [0.05, 0.1) is 6.10 Å². The predicted octanol–water partition coefficient (Wildman–Crippen LogP) is 3.97. The summed E-state index contributed by atoms with van der Waals surface area (Å²) < 4.78 is 6.32. The van der Waals surface area contributed by atoms with E-state index in [4.69, 9.17) is 4.74 Å². The molecule has 2 bridgehead atoms. The maximum Gasteiger partial charge on any atom is 0.118 e. The highest BCUT2D eigenvalue weighted by Crippen LogP contribution is 2.50. The van der Waals surface area contributed by atoms with Crippen molar-refractivity contribution in [1.82, 2.24) is 0 Å². The highest BCUT2D eigenvalue weighted by molar-refractivity contribution is 5.44. The molecule has 0 spiro atoms. The maximum absolute atomic E-state index is 6.32. The van der Waals surface area contributed by atoms with Crippen molar-refractivity contribution in [2.24, 2.45) is 0 Å². The Balaban J connectivity index is 2.09. The molecule has 2 aliphatic heterocycles. The number of benzene rings is 1. The van der Waals surface area contributed by atoms with E-state index < -0.39 is 0 Å². The Morgan fingerprint density at radius 3 is 2.71 bits per heavy atom. The van der Waals surface area contributed by atoms with Crippen molar-refractivity contribution in [3.63, 3.8) is 0 Å². The average Bonchev–Trinajstić information content (AvgIpc) is 2.38. The zero-order chi connectivity index (χ0) is 11.9. The summed E-state index contributed by atoms with van der Waals surface area (Å²) in [7, 11) is 0. The lowest BCUT2D eigenvalue weighted by molar-refractivity contribution is -0.121. The standard InChI is InChI=1S/C16H18O/c1-12-11-15-9-6-10-16(17-15,13(12)2)14-7-4-3-5-8-14/h3-5,7-8,15H,1-2,6,9-11H2. The van der Waals surface area contributed by atoms with Crippen LogP contribution in [0.4, 0.5) is 0 Å². The van der Waals surface area contributed by atoms with E-state index in [1.807, 2.05) is 6.07 Å². The lowest BCUT2D eigenvalue weighted by Crippen LogP contribution is -2.44. The van der Waals surface area contributed by atoms with Gasteiger partial charge in [-0.05, 0) is 42.4 Å². The first-order valence-corrected chi connectivity index (χ1v) is 6.33. The minimum absolute atomic E-state index is 0.292. The Morgan fingerprint density at radius 1 is 1.18 bits per heavy atom. The predicted molar refractivity (Wildman–Crippen MR) is 69.7 cm³/mol. The molecule has 1 nitrogen and oxygen atoms in total. The third-order valence-electron chi connectivity index (χ3n) is 4.05. The summed E-state index contributed by atoms with van der Waals surface area (Å²) in [5.41, 5.74) is 3.19. The van der Waals surface area contributed by atoms with E-state index in [2.05, 4.69) is 37.4 Å². The molecule has 0 aromatic heterocycles. The van der Waals surface area contributed by atoms with Crippen LogP contribution in [-0.2, 0) is 10.3 Å². The second-order valence-electron chi connectivity index (χ2n) is 5.11. The SMILES string of the molecule is C=C1CC2CCCC(c3ccccc3)(O2)C1=C. The molecule has 2 unspecified atom stereocenters. The van der Waals surface area contributed by atoms with Gasteiger partial charge in [0.2, 0.25) is 0 Å². The summed E-state index contributed by atoms with van der Waals surface area (Å²) in [6.07, 6.45) is 4.69. The monoisotopic (exact) mass is 226 g/mol. The molecule has 2 atom stereocenters. The van der Waals surface area contributed by atoms with Gasteiger partial charge in [0.1, 0.15) is 5.60 Å². The first-order chi connectivity index (χ1) is 8.22. The molecular formula is C16H18O. The van der Waals surface area contributed by atoms with Crippen LogP contribution in [0.15, 0.2) is 54.6 Å². The Labute approximate surface area is 103 Å². The molecule has 2 fully saturated rings. The van der Waals surface area contributed by atoms with Crippen molar-refractivity contribution in [3.05, 3.63) is 60.2 Å². The molecule has 1 aromatic rings. The molecule has 88 valence electrons. The van der Waals surface area contributed by atoms with Crippen LogP contribution >= 0.6 is 0 Å². The molecule has 17 heavy (non-hydrogen) atoms. The van der Waals surface area contributed by atoms with Gasteiger partial charge in [0.25, 0.3) is 0 Å². The lowest BCUT2D eigenvalue weighted by Gasteiger charge is -2.48. The summed E-state index contributed by atoms with van der Waals surface area (Å²) in [5.74, 6) is 0. The zero-order valence-corrected chi connectivity index (χ0v) is 10.1. The van der Waals surface area contributed by atoms with Crippen LogP contribution in [0.25, 0.3) is 0 Å². The summed E-state index contributed by atoms with van der Waals surface area (Å²) in [4.78, 5) is 0. The number of rotatable bonds is 1. The zero-order valence-electron chi connectivity index (χ0n) is 10.1. The third-order valence-corrected chi connectivity index (χ3v) is 4.05. The van der Waals surface area contributed by atoms with Crippen molar-refractivity contribution in [2.45, 2.75) is 37.4 Å². The highest BCUT2D eigenvalue weighted by Gasteiger charge is 2.45. The van der Waals surface area contributed by atoms with Crippen LogP contribution in [0, 0.1) is 0 Å². The Morgan fingerprint density at radius 2 is 1.94 bits per heavy atom. The topological polar surface area (TPSA) is 9.23 Å². The van der Waals surface area contributed by atoms with Gasteiger partial charge in [-0.25, -0.2) is 0 Å². The van der Waals surface area contributed by atoms with Gasteiger partial charge in [0.15, 0.2) is 0 Å². The van der Waals surface area contributed by atoms with Gasteiger partial charge < -0.3 is 4.74 Å². The first-order valence-electron chi connectivity index (χ1n) is 6.33. The van der Waals surface area contributed by atoms with Crippen molar-refractivity contribution in [2.75, 3.05) is 0 Å². The van der Waals surface area contributed by atoms with Gasteiger partial charge >= 0.3 is 0 Å². The molecule has 2 heterocycles. The molecule has 1 aromatic carbocycles. The van der Waals surface area contributed by atoms with Crippen molar-refractivity contribution >= 4 is 0 Å². The van der Waals surface area contributed by atoms with E-state index in [0.29, 0.717) is 6.10 Å². The molecule has 1 heteroatoms. The van der Waals surface area contributed by atoms with Crippen molar-refractivity contribution in [1.29, 1.82) is 0 Å². The van der Waals surface area contributed by atoms with Crippen molar-refractivity contribution in [3.8, 4) is 0 Å². The fraction of sp³-hybridized carbons (Fsp3) is 0.375. The Bertz CT molecular complexity index is 460. The molecule has 0 amide bonds. The number of hydrogen-bond acceptors (Lipinski definition) is 1. The molecule has 2 saturated heterocycles. The Hall–Kier alpha value is -1.34. The quantitative estimate of drug-likeness (QED) is 0.704. The van der Waals surface area contributed by atoms with Gasteiger partial charge in [-0.15, -0.1) is 0 Å². The minimum atomic E-state index is -0.292. The largest absolute Gasteiger partial charge is 0.362 e. The Kier molecular flexibility index (Phi) is 2.44. The van der Waals surface area contributed by atoms with Gasteiger partial charge in [-0.1, -0.05) is 43.5 Å². The van der Waals surface area contributed by atoms with E-state index >= 15 is 0 Å². The molecule has 0 N–H and O–H groups in total. The number of hydrogen-bond donors (Lipinski definition) is 0. The first kappa shape index (κ1) is 10.8. The second-order valence-corrected chi connectivity index (χ2v) is 5.11. The average molecular weight is 226 g/mol. The molecule has 0 aliphatic carbocycles. The smallest absolute Gasteiger partial charge is 0.118 e. The molecule has 3 rings (SSSR count). The van der Waals surface area contributed by atoms with Crippen LogP contribution in [0.1, 0.15) is 31.2 Å². The normalized spacial score (nSPS) is 32.6. The fourth-order valence-electron chi connectivity index (χ4n) is 3.12. The van der Waals surface area contributed by atoms with Crippen LogP contribution in [0.2, 0.25) is 0 Å². The molecule has 0 saturated carbocycles. The van der Waals surface area contributed by atoms with Crippen molar-refractivity contribution < 1.29 is 4.74 Å². The third kappa shape index (κ3) is 1.57. The molecule has 2 aliphatic rings. The van der Waals surface area contributed by atoms with E-state index in [-0.39, 0.29) is 5.60 Å². The maximum atomic E-state index is 6.32. The van der Waals surface area contributed by atoms with Gasteiger partial charge in [-0.2, -0.15) is 0 Å². The lowest BCUT2D eigenvalue weighted by atomic mass is 9.72. The summed E-state index contributed by atoms with van der Waals surface area (Å²) in [6.45, 7) is 8.41. The summed E-state index contributed by atoms with van der Waals surface area (Å²) in [6, 6.07) is 10.5. The summed E-state index contributed by atoms with van der Waals surface area (Å²) >= 11 is 0. The number of fused-ring (bicyclic) bond motifs is 2. The van der Waals surface area contributed by atoms with Crippen LogP contribution in [0.5, 0.6) is 0 Å². The van der Waals surface area contributed by atoms with E-state index in [0.717, 1.165) is 24.8 Å². The van der Waals surface area contributed by atoms with E-state index in [9.17, 15) is 0 Å².